The van der Waals surface area contributed by atoms with Crippen LogP contribution in [0, 0.1) is 0 Å². The van der Waals surface area contributed by atoms with Gasteiger partial charge in [0.2, 0.25) is 11.8 Å². The Labute approximate surface area is 179 Å². The normalized spacial score (nSPS) is 21.9. The monoisotopic (exact) mass is 418 g/mol. The van der Waals surface area contributed by atoms with Crippen LogP contribution in [0.5, 0.6) is 0 Å². The number of benzene rings is 2. The summed E-state index contributed by atoms with van der Waals surface area (Å²) in [7, 11) is 0. The molecule has 8 heteroatoms. The molecule has 1 fully saturated rings. The van der Waals surface area contributed by atoms with Crippen LogP contribution >= 0.6 is 0 Å². The molecule has 0 unspecified atom stereocenters. The van der Waals surface area contributed by atoms with Gasteiger partial charge >= 0.3 is 6.03 Å². The van der Waals surface area contributed by atoms with Crippen molar-refractivity contribution >= 4 is 35.5 Å². The van der Waals surface area contributed by atoms with Crippen molar-refractivity contribution in [3.8, 4) is 0 Å². The van der Waals surface area contributed by atoms with Gasteiger partial charge in [-0.05, 0) is 41.8 Å². The first-order valence-corrected chi connectivity index (χ1v) is 9.88. The maximum atomic E-state index is 12.9. The maximum absolute atomic E-state index is 12.9. The Hall–Kier alpha value is -3.94. The van der Waals surface area contributed by atoms with E-state index in [2.05, 4.69) is 16.0 Å². The minimum absolute atomic E-state index is 0.0691. The zero-order valence-corrected chi connectivity index (χ0v) is 17.1. The number of fused-ring (bicyclic) bond motifs is 1. The standard InChI is InChI=1S/C23H22N4O4/c1-14(28)27-11-10-15-6-3-4-9-18(15)19(27)13-20(29)24-17-8-5-7-16(12-17)23(2)21(30)25-22(31)26-23/h3-12,19H,13H2,1-2H3,(H,24,29)(H2,25,26,30,31)/t19-,23-/m0/s1. The summed E-state index contributed by atoms with van der Waals surface area (Å²) in [5, 5.41) is 7.67. The molecule has 4 rings (SSSR count). The Kier molecular flexibility index (Phi) is 5.06. The molecule has 2 aromatic rings. The predicted octanol–water partition coefficient (Wildman–Crippen LogP) is 2.64. The Bertz CT molecular complexity index is 1130. The zero-order chi connectivity index (χ0) is 22.2. The van der Waals surface area contributed by atoms with Gasteiger partial charge in [0.05, 0.1) is 12.5 Å². The molecular formula is C23H22N4O4. The molecule has 2 aromatic carbocycles. The fourth-order valence-corrected chi connectivity index (χ4v) is 3.96. The van der Waals surface area contributed by atoms with E-state index >= 15 is 0 Å². The van der Waals surface area contributed by atoms with E-state index in [0.717, 1.165) is 11.1 Å². The smallest absolute Gasteiger partial charge is 0.322 e. The minimum atomic E-state index is -1.21. The van der Waals surface area contributed by atoms with E-state index in [0.29, 0.717) is 11.3 Å². The molecule has 5 amide bonds. The summed E-state index contributed by atoms with van der Waals surface area (Å²) in [6, 6.07) is 13.4. The van der Waals surface area contributed by atoms with Crippen molar-refractivity contribution in [2.24, 2.45) is 0 Å². The maximum Gasteiger partial charge on any atom is 0.322 e. The molecule has 0 saturated carbocycles. The summed E-state index contributed by atoms with van der Waals surface area (Å²) in [4.78, 5) is 50.3. The molecule has 31 heavy (non-hydrogen) atoms. The fraction of sp³-hybridized carbons (Fsp3) is 0.217. The van der Waals surface area contributed by atoms with Gasteiger partial charge in [0.1, 0.15) is 5.54 Å². The van der Waals surface area contributed by atoms with E-state index in [4.69, 9.17) is 0 Å². The molecule has 8 nitrogen and oxygen atoms in total. The third kappa shape index (κ3) is 3.79. The average molecular weight is 418 g/mol. The van der Waals surface area contributed by atoms with Crippen LogP contribution in [0.1, 0.15) is 43.0 Å². The highest BCUT2D eigenvalue weighted by atomic mass is 16.2. The molecule has 3 N–H and O–H groups in total. The fourth-order valence-electron chi connectivity index (χ4n) is 3.96. The number of hydrogen-bond acceptors (Lipinski definition) is 4. The van der Waals surface area contributed by atoms with Gasteiger partial charge in [0, 0.05) is 18.8 Å². The lowest BCUT2D eigenvalue weighted by Crippen LogP contribution is -2.40. The van der Waals surface area contributed by atoms with Gasteiger partial charge in [-0.2, -0.15) is 0 Å². The lowest BCUT2D eigenvalue weighted by Gasteiger charge is -2.32. The molecule has 0 aromatic heterocycles. The van der Waals surface area contributed by atoms with Gasteiger partial charge < -0.3 is 15.5 Å². The molecule has 1 saturated heterocycles. The summed E-state index contributed by atoms with van der Waals surface area (Å²) in [6.45, 7) is 3.07. The van der Waals surface area contributed by atoms with E-state index < -0.39 is 23.5 Å². The summed E-state index contributed by atoms with van der Waals surface area (Å²) >= 11 is 0. The third-order valence-corrected chi connectivity index (χ3v) is 5.62. The van der Waals surface area contributed by atoms with Crippen LogP contribution in [0.4, 0.5) is 10.5 Å². The number of carbonyl (C=O) groups is 4. The first-order valence-electron chi connectivity index (χ1n) is 9.88. The second-order valence-corrected chi connectivity index (χ2v) is 7.75. The lowest BCUT2D eigenvalue weighted by atomic mass is 9.92. The number of rotatable bonds is 4. The van der Waals surface area contributed by atoms with Crippen molar-refractivity contribution < 1.29 is 19.2 Å². The number of hydrogen-bond donors (Lipinski definition) is 3. The minimum Gasteiger partial charge on any atom is -0.326 e. The van der Waals surface area contributed by atoms with Crippen LogP contribution in [-0.4, -0.2) is 28.7 Å². The molecule has 2 aliphatic heterocycles. The lowest BCUT2D eigenvalue weighted by molar-refractivity contribution is -0.129. The van der Waals surface area contributed by atoms with Crippen molar-refractivity contribution in [1.82, 2.24) is 15.5 Å². The second-order valence-electron chi connectivity index (χ2n) is 7.75. The molecule has 0 spiro atoms. The highest BCUT2D eigenvalue weighted by molar-refractivity contribution is 6.07. The van der Waals surface area contributed by atoms with Crippen molar-refractivity contribution in [2.45, 2.75) is 31.8 Å². The van der Waals surface area contributed by atoms with Crippen molar-refractivity contribution in [1.29, 1.82) is 0 Å². The van der Waals surface area contributed by atoms with Crippen molar-refractivity contribution in [2.75, 3.05) is 5.32 Å². The van der Waals surface area contributed by atoms with E-state index in [1.54, 1.807) is 42.3 Å². The highest BCUT2D eigenvalue weighted by Crippen LogP contribution is 2.33. The van der Waals surface area contributed by atoms with Gasteiger partial charge in [-0.1, -0.05) is 36.4 Å². The van der Waals surface area contributed by atoms with Gasteiger partial charge in [0.15, 0.2) is 0 Å². The molecule has 2 heterocycles. The molecule has 158 valence electrons. The Balaban J connectivity index is 1.54. The SMILES string of the molecule is CC(=O)N1C=Cc2ccccc2[C@@H]1CC(=O)Nc1cccc([C@]2(C)NC(=O)NC2=O)c1. The van der Waals surface area contributed by atoms with Crippen LogP contribution in [0.2, 0.25) is 0 Å². The first kappa shape index (κ1) is 20.3. The summed E-state index contributed by atoms with van der Waals surface area (Å²) in [6.07, 6.45) is 3.63. The molecule has 0 bridgehead atoms. The Morgan fingerprint density at radius 1 is 1.13 bits per heavy atom. The topological polar surface area (TPSA) is 108 Å². The van der Waals surface area contributed by atoms with Crippen molar-refractivity contribution in [3.05, 3.63) is 71.4 Å². The number of carbonyl (C=O) groups excluding carboxylic acids is 4. The third-order valence-electron chi connectivity index (χ3n) is 5.62. The van der Waals surface area contributed by atoms with Gasteiger partial charge in [-0.3, -0.25) is 19.7 Å². The second kappa shape index (κ2) is 7.71. The molecule has 2 aliphatic rings. The Morgan fingerprint density at radius 3 is 2.61 bits per heavy atom. The van der Waals surface area contributed by atoms with Crippen LogP contribution in [-0.2, 0) is 19.9 Å². The van der Waals surface area contributed by atoms with E-state index in [1.165, 1.54) is 6.92 Å². The zero-order valence-electron chi connectivity index (χ0n) is 17.1. The van der Waals surface area contributed by atoms with E-state index in [1.807, 2.05) is 30.3 Å². The molecule has 0 radical (unpaired) electrons. The predicted molar refractivity (Wildman–Crippen MR) is 114 cm³/mol. The van der Waals surface area contributed by atoms with Gasteiger partial charge in [-0.25, -0.2) is 4.79 Å². The quantitative estimate of drug-likeness (QED) is 0.664. The van der Waals surface area contributed by atoms with Gasteiger partial charge in [-0.15, -0.1) is 0 Å². The van der Waals surface area contributed by atoms with E-state index in [-0.39, 0.29) is 18.2 Å². The number of nitrogens with one attached hydrogen (secondary N) is 3. The molecular weight excluding hydrogens is 396 g/mol. The number of anilines is 1. The summed E-state index contributed by atoms with van der Waals surface area (Å²) in [5.74, 6) is -0.881. The van der Waals surface area contributed by atoms with Crippen LogP contribution < -0.4 is 16.0 Å². The van der Waals surface area contributed by atoms with Crippen LogP contribution in [0.25, 0.3) is 6.08 Å². The average Bonchev–Trinajstić information content (AvgIpc) is 3.00. The largest absolute Gasteiger partial charge is 0.326 e. The van der Waals surface area contributed by atoms with Crippen LogP contribution in [0.3, 0.4) is 0 Å². The van der Waals surface area contributed by atoms with E-state index in [9.17, 15) is 19.2 Å². The number of imide groups is 1. The van der Waals surface area contributed by atoms with Gasteiger partial charge in [0.25, 0.3) is 5.91 Å². The number of amides is 5. The first-order chi connectivity index (χ1) is 14.8. The molecule has 2 atom stereocenters. The summed E-state index contributed by atoms with van der Waals surface area (Å²) < 4.78 is 0. The number of urea groups is 1. The Morgan fingerprint density at radius 2 is 1.90 bits per heavy atom. The van der Waals surface area contributed by atoms with Crippen LogP contribution in [0.15, 0.2) is 54.7 Å². The number of nitrogens with zero attached hydrogens (tertiary/aromatic N) is 1. The molecule has 0 aliphatic carbocycles. The summed E-state index contributed by atoms with van der Waals surface area (Å²) in [5.41, 5.74) is 1.70. The van der Waals surface area contributed by atoms with Crippen molar-refractivity contribution in [3.63, 3.8) is 0 Å². The highest BCUT2D eigenvalue weighted by Gasteiger charge is 2.43.